The number of rotatable bonds is 8. The number of benzene rings is 1. The normalized spacial score (nSPS) is 15.5. The van der Waals surface area contributed by atoms with Gasteiger partial charge in [0, 0.05) is 63.1 Å². The van der Waals surface area contributed by atoms with Crippen LogP contribution in [0.25, 0.3) is 0 Å². The number of amides is 1. The van der Waals surface area contributed by atoms with Crippen molar-refractivity contribution in [3.8, 4) is 5.75 Å². The van der Waals surface area contributed by atoms with Crippen LogP contribution in [0.15, 0.2) is 47.3 Å². The van der Waals surface area contributed by atoms with Gasteiger partial charge in [0.2, 0.25) is 0 Å². The van der Waals surface area contributed by atoms with E-state index < -0.39 is 10.0 Å². The van der Waals surface area contributed by atoms with Crippen LogP contribution in [0.1, 0.15) is 29.8 Å². The molecule has 3 heterocycles. The molecule has 10 nitrogen and oxygen atoms in total. The number of hydrogen-bond donors (Lipinski definition) is 1. The van der Waals surface area contributed by atoms with Crippen molar-refractivity contribution in [1.82, 2.24) is 23.7 Å². The average molecular weight is 505 g/mol. The summed E-state index contributed by atoms with van der Waals surface area (Å²) < 4.78 is 34.6. The first-order valence-corrected chi connectivity index (χ1v) is 13.2. The minimum Gasteiger partial charge on any atom is -0.491 e. The van der Waals surface area contributed by atoms with Gasteiger partial charge < -0.3 is 9.30 Å². The van der Waals surface area contributed by atoms with Crippen LogP contribution in [0.3, 0.4) is 0 Å². The molecule has 1 amide bonds. The molecule has 0 unspecified atom stereocenters. The van der Waals surface area contributed by atoms with E-state index in [0.717, 1.165) is 5.56 Å². The molecule has 182 valence electrons. The lowest BCUT2D eigenvalue weighted by Gasteiger charge is -2.33. The molecule has 0 radical (unpaired) electrons. The number of carbonyl (C=O) groups is 1. The number of aromatic nitrogens is 3. The Bertz CT molecular complexity index is 1230. The third-order valence-corrected chi connectivity index (χ3v) is 7.75. The Labute approximate surface area is 203 Å². The van der Waals surface area contributed by atoms with Crippen molar-refractivity contribution in [3.63, 3.8) is 0 Å². The van der Waals surface area contributed by atoms with Crippen LogP contribution in [-0.2, 0) is 23.6 Å². The van der Waals surface area contributed by atoms with Gasteiger partial charge in [-0.15, -0.1) is 11.3 Å². The zero-order valence-corrected chi connectivity index (χ0v) is 21.0. The zero-order valence-electron chi connectivity index (χ0n) is 19.3. The SMILES string of the molecule is CC(C)Oc1cc(CN2CCN(S(=O)(=O)c3cn(C)cn3)CC2)cc(C(=O)Nc2nccs2)c1. The monoisotopic (exact) mass is 504 g/mol. The third kappa shape index (κ3) is 5.81. The van der Waals surface area contributed by atoms with E-state index in [1.165, 1.54) is 28.2 Å². The summed E-state index contributed by atoms with van der Waals surface area (Å²) in [4.78, 5) is 23.1. The number of thiazole rings is 1. The van der Waals surface area contributed by atoms with Gasteiger partial charge in [-0.2, -0.15) is 4.31 Å². The number of carbonyl (C=O) groups excluding carboxylic acids is 1. The minimum absolute atomic E-state index is 0.0366. The van der Waals surface area contributed by atoms with Gasteiger partial charge >= 0.3 is 0 Å². The molecule has 1 aliphatic rings. The fraction of sp³-hybridized carbons (Fsp3) is 0.409. The first-order valence-electron chi connectivity index (χ1n) is 10.9. The number of anilines is 1. The second kappa shape index (κ2) is 10.2. The highest BCUT2D eigenvalue weighted by atomic mass is 32.2. The molecular weight excluding hydrogens is 476 g/mol. The molecule has 4 rings (SSSR count). The van der Waals surface area contributed by atoms with Gasteiger partial charge in [0.1, 0.15) is 5.75 Å². The highest BCUT2D eigenvalue weighted by molar-refractivity contribution is 7.89. The number of nitrogens with zero attached hydrogens (tertiary/aromatic N) is 5. The molecule has 0 aliphatic carbocycles. The Morgan fingerprint density at radius 1 is 1.18 bits per heavy atom. The van der Waals surface area contributed by atoms with Crippen LogP contribution >= 0.6 is 11.3 Å². The second-order valence-electron chi connectivity index (χ2n) is 8.38. The van der Waals surface area contributed by atoms with E-state index in [1.54, 1.807) is 29.3 Å². The molecule has 34 heavy (non-hydrogen) atoms. The minimum atomic E-state index is -3.60. The highest BCUT2D eigenvalue weighted by Crippen LogP contribution is 2.23. The number of ether oxygens (including phenoxy) is 1. The Kier molecular flexibility index (Phi) is 7.31. The summed E-state index contributed by atoms with van der Waals surface area (Å²) >= 11 is 1.35. The number of aryl methyl sites for hydroxylation is 1. The van der Waals surface area contributed by atoms with Gasteiger partial charge in [0.15, 0.2) is 10.2 Å². The highest BCUT2D eigenvalue weighted by Gasteiger charge is 2.30. The number of hydrogen-bond acceptors (Lipinski definition) is 8. The maximum Gasteiger partial charge on any atom is 0.262 e. The van der Waals surface area contributed by atoms with E-state index in [4.69, 9.17) is 4.74 Å². The first kappa shape index (κ1) is 24.3. The maximum atomic E-state index is 12.8. The van der Waals surface area contributed by atoms with Crippen molar-refractivity contribution in [2.24, 2.45) is 7.05 Å². The van der Waals surface area contributed by atoms with Crippen LogP contribution in [0, 0.1) is 0 Å². The summed E-state index contributed by atoms with van der Waals surface area (Å²) in [5.74, 6) is 0.366. The van der Waals surface area contributed by atoms with E-state index in [9.17, 15) is 13.2 Å². The molecule has 0 spiro atoms. The lowest BCUT2D eigenvalue weighted by atomic mass is 10.1. The average Bonchev–Trinajstić information content (AvgIpc) is 3.45. The van der Waals surface area contributed by atoms with Crippen LogP contribution in [-0.4, -0.2) is 70.3 Å². The Balaban J connectivity index is 1.45. The van der Waals surface area contributed by atoms with Gasteiger partial charge in [-0.1, -0.05) is 0 Å². The van der Waals surface area contributed by atoms with E-state index >= 15 is 0 Å². The van der Waals surface area contributed by atoms with E-state index in [0.29, 0.717) is 49.2 Å². The summed E-state index contributed by atoms with van der Waals surface area (Å²) in [6.07, 6.45) is 4.60. The standard InChI is InChI=1S/C22H28N6O4S2/c1-16(2)32-19-11-17(10-18(12-19)21(29)25-22-23-4-9-33-22)13-27-5-7-28(8-6-27)34(30,31)20-14-26(3)15-24-20/h4,9-12,14-16H,5-8,13H2,1-3H3,(H,23,25,29). The fourth-order valence-corrected chi connectivity index (χ4v) is 5.63. The van der Waals surface area contributed by atoms with Crippen molar-refractivity contribution in [1.29, 1.82) is 0 Å². The van der Waals surface area contributed by atoms with Crippen molar-refractivity contribution in [2.75, 3.05) is 31.5 Å². The third-order valence-electron chi connectivity index (χ3n) is 5.28. The maximum absolute atomic E-state index is 12.8. The summed E-state index contributed by atoms with van der Waals surface area (Å²) in [7, 11) is -1.86. The molecule has 3 aromatic rings. The van der Waals surface area contributed by atoms with Gasteiger partial charge in [-0.3, -0.25) is 15.0 Å². The Hall–Kier alpha value is -2.80. The number of sulfonamides is 1. The molecule has 0 atom stereocenters. The first-order chi connectivity index (χ1) is 16.2. The lowest BCUT2D eigenvalue weighted by Crippen LogP contribution is -2.48. The zero-order chi connectivity index (χ0) is 24.3. The molecule has 1 N–H and O–H groups in total. The van der Waals surface area contributed by atoms with Gasteiger partial charge in [-0.25, -0.2) is 18.4 Å². The van der Waals surface area contributed by atoms with E-state index in [-0.39, 0.29) is 17.0 Å². The van der Waals surface area contributed by atoms with Gasteiger partial charge in [-0.05, 0) is 37.6 Å². The Morgan fingerprint density at radius 3 is 2.56 bits per heavy atom. The fourth-order valence-electron chi connectivity index (χ4n) is 3.72. The van der Waals surface area contributed by atoms with Crippen molar-refractivity contribution < 1.29 is 17.9 Å². The number of piperazine rings is 1. The largest absolute Gasteiger partial charge is 0.491 e. The van der Waals surface area contributed by atoms with Crippen LogP contribution < -0.4 is 10.1 Å². The topological polar surface area (TPSA) is 110 Å². The number of nitrogens with one attached hydrogen (secondary N) is 1. The summed E-state index contributed by atoms with van der Waals surface area (Å²) in [5, 5.41) is 5.21. The van der Waals surface area contributed by atoms with Gasteiger partial charge in [0.05, 0.1) is 12.4 Å². The predicted molar refractivity (Wildman–Crippen MR) is 130 cm³/mol. The summed E-state index contributed by atoms with van der Waals surface area (Å²) in [5.41, 5.74) is 1.41. The number of imidazole rings is 1. The van der Waals surface area contributed by atoms with Crippen molar-refractivity contribution in [2.45, 2.75) is 31.5 Å². The molecule has 1 fully saturated rings. The predicted octanol–water partition coefficient (Wildman–Crippen LogP) is 2.42. The van der Waals surface area contributed by atoms with Gasteiger partial charge in [0.25, 0.3) is 15.9 Å². The van der Waals surface area contributed by atoms with Crippen LogP contribution in [0.4, 0.5) is 5.13 Å². The molecule has 0 bridgehead atoms. The quantitative estimate of drug-likeness (QED) is 0.502. The van der Waals surface area contributed by atoms with Crippen molar-refractivity contribution in [3.05, 3.63) is 53.4 Å². The second-order valence-corrected chi connectivity index (χ2v) is 11.2. The molecule has 1 aromatic carbocycles. The van der Waals surface area contributed by atoms with E-state index in [1.807, 2.05) is 26.0 Å². The Morgan fingerprint density at radius 2 is 1.94 bits per heavy atom. The van der Waals surface area contributed by atoms with E-state index in [2.05, 4.69) is 20.2 Å². The van der Waals surface area contributed by atoms with Crippen LogP contribution in [0.5, 0.6) is 5.75 Å². The lowest BCUT2D eigenvalue weighted by molar-refractivity contribution is 0.102. The molecule has 0 saturated carbocycles. The molecule has 12 heteroatoms. The summed E-state index contributed by atoms with van der Waals surface area (Å²) in [6, 6.07) is 5.49. The molecule has 2 aromatic heterocycles. The molecule has 1 aliphatic heterocycles. The summed E-state index contributed by atoms with van der Waals surface area (Å²) in [6.45, 7) is 6.33. The smallest absolute Gasteiger partial charge is 0.262 e. The molecular formula is C22H28N6O4S2. The van der Waals surface area contributed by atoms with Crippen molar-refractivity contribution >= 4 is 32.4 Å². The molecule has 1 saturated heterocycles. The van der Waals surface area contributed by atoms with Crippen LogP contribution in [0.2, 0.25) is 0 Å².